The number of aliphatic imine (C=N–C) groups is 1. The number of aryl methyl sites for hydroxylation is 1. The molecule has 0 radical (unpaired) electrons. The highest BCUT2D eigenvalue weighted by atomic mass is 16.5. The van der Waals surface area contributed by atoms with Gasteiger partial charge in [-0.3, -0.25) is 9.79 Å². The van der Waals surface area contributed by atoms with Crippen LogP contribution in [0.5, 0.6) is 0 Å². The van der Waals surface area contributed by atoms with E-state index >= 15 is 0 Å². The third-order valence-electron chi connectivity index (χ3n) is 8.15. The number of nitrogens with one attached hydrogen (secondary N) is 1. The number of ether oxygens (including phenoxy) is 1. The van der Waals surface area contributed by atoms with E-state index in [1.807, 2.05) is 19.2 Å². The van der Waals surface area contributed by atoms with Crippen LogP contribution in [0.1, 0.15) is 64.5 Å². The summed E-state index contributed by atoms with van der Waals surface area (Å²) in [7, 11) is 0. The van der Waals surface area contributed by atoms with Crippen LogP contribution >= 0.6 is 0 Å². The number of amides is 1. The Bertz CT molecular complexity index is 1170. The first-order valence-electron chi connectivity index (χ1n) is 13.7. The largest absolute Gasteiger partial charge is 0.375 e. The molecule has 1 aromatic rings. The van der Waals surface area contributed by atoms with Gasteiger partial charge in [0.05, 0.1) is 24.2 Å². The minimum absolute atomic E-state index is 0.0266. The van der Waals surface area contributed by atoms with Gasteiger partial charge in [0.25, 0.3) is 0 Å². The molecule has 36 heavy (non-hydrogen) atoms. The summed E-state index contributed by atoms with van der Waals surface area (Å²) < 4.78 is 6.09. The second-order valence-corrected chi connectivity index (χ2v) is 11.3. The summed E-state index contributed by atoms with van der Waals surface area (Å²) in [5.41, 5.74) is 7.18. The quantitative estimate of drug-likeness (QED) is 0.454. The molecule has 4 aliphatic rings. The molecule has 0 spiro atoms. The van der Waals surface area contributed by atoms with Crippen molar-refractivity contribution in [2.75, 3.05) is 5.32 Å². The second-order valence-electron chi connectivity index (χ2n) is 11.3. The maximum atomic E-state index is 13.3. The van der Waals surface area contributed by atoms with E-state index in [0.29, 0.717) is 17.8 Å². The Morgan fingerprint density at radius 1 is 1.08 bits per heavy atom. The van der Waals surface area contributed by atoms with E-state index in [1.165, 1.54) is 40.7 Å². The minimum Gasteiger partial charge on any atom is -0.375 e. The van der Waals surface area contributed by atoms with E-state index in [0.717, 1.165) is 18.5 Å². The fourth-order valence-electron chi connectivity index (χ4n) is 5.78. The lowest BCUT2D eigenvalue weighted by atomic mass is 9.78. The summed E-state index contributed by atoms with van der Waals surface area (Å²) >= 11 is 0. The molecule has 5 unspecified atom stereocenters. The Morgan fingerprint density at radius 3 is 2.67 bits per heavy atom. The summed E-state index contributed by atoms with van der Waals surface area (Å²) in [5, 5.41) is 3.19. The van der Waals surface area contributed by atoms with Crippen LogP contribution in [0.15, 0.2) is 64.7 Å². The molecule has 4 heteroatoms. The average molecular weight is 485 g/mol. The maximum Gasteiger partial charge on any atom is 0.233 e. The van der Waals surface area contributed by atoms with Crippen molar-refractivity contribution in [1.29, 1.82) is 0 Å². The molecule has 0 aromatic heterocycles. The van der Waals surface area contributed by atoms with E-state index in [-0.39, 0.29) is 30.1 Å². The molecule has 6 atom stereocenters. The Kier molecular flexibility index (Phi) is 7.16. The zero-order valence-electron chi connectivity index (χ0n) is 22.3. The van der Waals surface area contributed by atoms with Gasteiger partial charge in [0.15, 0.2) is 0 Å². The number of carbonyl (C=O) groups is 1. The lowest BCUT2D eigenvalue weighted by Crippen LogP contribution is -2.31. The van der Waals surface area contributed by atoms with Crippen molar-refractivity contribution in [2.24, 2.45) is 28.7 Å². The fraction of sp³-hybridized carbons (Fsp3) is 0.500. The van der Waals surface area contributed by atoms with Crippen LogP contribution in [0.2, 0.25) is 0 Å². The predicted molar refractivity (Wildman–Crippen MR) is 149 cm³/mol. The van der Waals surface area contributed by atoms with E-state index in [9.17, 15) is 4.79 Å². The molecule has 1 N–H and O–H groups in total. The Morgan fingerprint density at radius 2 is 1.89 bits per heavy atom. The highest BCUT2D eigenvalue weighted by molar-refractivity contribution is 5.97. The van der Waals surface area contributed by atoms with E-state index in [4.69, 9.17) is 4.74 Å². The van der Waals surface area contributed by atoms with Gasteiger partial charge in [0.2, 0.25) is 5.91 Å². The number of rotatable bonds is 5. The van der Waals surface area contributed by atoms with Crippen molar-refractivity contribution in [3.63, 3.8) is 0 Å². The first-order chi connectivity index (χ1) is 17.3. The zero-order valence-corrected chi connectivity index (χ0v) is 22.3. The lowest BCUT2D eigenvalue weighted by Gasteiger charge is -2.27. The van der Waals surface area contributed by atoms with E-state index in [1.54, 1.807) is 0 Å². The first kappa shape index (κ1) is 25.0. The SMILES string of the molecule is Cc1ccc(NC(=O)C2C=C(C3CC3)C=NC2C)cc1C1=CC(C2=CC[C@@H](C)OC(C)C2)C(C)C=C1. The van der Waals surface area contributed by atoms with Crippen LogP contribution in [0.3, 0.4) is 0 Å². The third kappa shape index (κ3) is 5.49. The van der Waals surface area contributed by atoms with Gasteiger partial charge in [-0.1, -0.05) is 48.9 Å². The van der Waals surface area contributed by atoms with Crippen LogP contribution in [-0.4, -0.2) is 30.4 Å². The maximum absolute atomic E-state index is 13.3. The highest BCUT2D eigenvalue weighted by Crippen LogP contribution is 2.39. The first-order valence-corrected chi connectivity index (χ1v) is 13.7. The van der Waals surface area contributed by atoms with Crippen molar-refractivity contribution < 1.29 is 9.53 Å². The summed E-state index contributed by atoms with van der Waals surface area (Å²) in [6.07, 6.45) is 18.4. The summed E-state index contributed by atoms with van der Waals surface area (Å²) in [5.74, 6) is 1.22. The van der Waals surface area contributed by atoms with Gasteiger partial charge in [-0.05, 0) is 99.6 Å². The van der Waals surface area contributed by atoms with Gasteiger partial charge >= 0.3 is 0 Å². The molecule has 1 saturated carbocycles. The van der Waals surface area contributed by atoms with E-state index < -0.39 is 0 Å². The number of hydrogen-bond donors (Lipinski definition) is 1. The molecule has 4 nitrogen and oxygen atoms in total. The number of allylic oxidation sites excluding steroid dienone is 5. The number of nitrogens with zero attached hydrogens (tertiary/aromatic N) is 1. The monoisotopic (exact) mass is 484 g/mol. The molecule has 0 bridgehead atoms. The molecule has 2 heterocycles. The standard InChI is InChI=1S/C32H40N2O2/c1-19-6-9-26(15-29(19)25-10-8-21(3)36-22(4)14-25)30-17-28(13-7-20(30)2)34-32(35)31-16-27(24-11-12-24)18-33-23(31)5/h6-7,9-10,13,15-19,21-24,29,31H,8,11-12,14H2,1-5H3,(H,34,35)/t19?,21-,22?,23?,29?,31?/m1/s1. The van der Waals surface area contributed by atoms with Crippen LogP contribution in [0, 0.1) is 30.6 Å². The van der Waals surface area contributed by atoms with Gasteiger partial charge in [0, 0.05) is 17.8 Å². The van der Waals surface area contributed by atoms with Crippen molar-refractivity contribution >= 4 is 23.4 Å². The summed E-state index contributed by atoms with van der Waals surface area (Å²) in [6, 6.07) is 6.22. The Hall–Kier alpha value is -2.72. The highest BCUT2D eigenvalue weighted by Gasteiger charge is 2.32. The number of anilines is 1. The lowest BCUT2D eigenvalue weighted by molar-refractivity contribution is -0.118. The summed E-state index contributed by atoms with van der Waals surface area (Å²) in [4.78, 5) is 17.9. The number of benzene rings is 1. The topological polar surface area (TPSA) is 50.7 Å². The zero-order chi connectivity index (χ0) is 25.4. The molecule has 1 aromatic carbocycles. The third-order valence-corrected chi connectivity index (χ3v) is 8.15. The molecule has 1 amide bonds. The molecule has 5 rings (SSSR count). The van der Waals surface area contributed by atoms with Crippen LogP contribution in [-0.2, 0) is 9.53 Å². The van der Waals surface area contributed by atoms with Gasteiger partial charge in [-0.15, -0.1) is 0 Å². The van der Waals surface area contributed by atoms with Crippen LogP contribution in [0.4, 0.5) is 5.69 Å². The smallest absolute Gasteiger partial charge is 0.233 e. The van der Waals surface area contributed by atoms with Crippen molar-refractivity contribution in [1.82, 2.24) is 0 Å². The van der Waals surface area contributed by atoms with Crippen molar-refractivity contribution in [3.8, 4) is 0 Å². The van der Waals surface area contributed by atoms with Gasteiger partial charge in [-0.25, -0.2) is 0 Å². The molecule has 2 aliphatic heterocycles. The van der Waals surface area contributed by atoms with Gasteiger partial charge in [-0.2, -0.15) is 0 Å². The number of carbonyl (C=O) groups excluding carboxylic acids is 1. The van der Waals surface area contributed by atoms with Crippen LogP contribution < -0.4 is 5.32 Å². The molecule has 1 fully saturated rings. The van der Waals surface area contributed by atoms with E-state index in [2.05, 4.69) is 80.5 Å². The van der Waals surface area contributed by atoms with Crippen molar-refractivity contribution in [3.05, 3.63) is 70.9 Å². The average Bonchev–Trinajstić information content (AvgIpc) is 3.70. The van der Waals surface area contributed by atoms with Gasteiger partial charge < -0.3 is 10.1 Å². The molecular formula is C32H40N2O2. The Labute approximate surface area is 216 Å². The minimum atomic E-state index is -0.219. The normalized spacial score (nSPS) is 32.3. The molecule has 2 aliphatic carbocycles. The second kappa shape index (κ2) is 10.3. The van der Waals surface area contributed by atoms with Crippen molar-refractivity contribution in [2.45, 2.75) is 78.6 Å². The number of hydrogen-bond acceptors (Lipinski definition) is 3. The molecule has 0 saturated heterocycles. The molecular weight excluding hydrogens is 444 g/mol. The summed E-state index contributed by atoms with van der Waals surface area (Å²) in [6.45, 7) is 10.8. The number of dihydropyridines is 1. The predicted octanol–water partition coefficient (Wildman–Crippen LogP) is 7.08. The Balaban J connectivity index is 1.37. The fourth-order valence-corrected chi connectivity index (χ4v) is 5.78. The molecule has 190 valence electrons. The van der Waals surface area contributed by atoms with Crippen LogP contribution in [0.25, 0.3) is 5.57 Å². The van der Waals surface area contributed by atoms with Gasteiger partial charge in [0.1, 0.15) is 0 Å².